The van der Waals surface area contributed by atoms with Crippen LogP contribution in [0.3, 0.4) is 0 Å². The molecule has 0 saturated heterocycles. The zero-order chi connectivity index (χ0) is 19.1. The molecule has 2 aromatic carbocycles. The number of nitrogens with zero attached hydrogens (tertiary/aromatic N) is 3. The van der Waals surface area contributed by atoms with Gasteiger partial charge in [0, 0.05) is 35.2 Å². The maximum Gasteiger partial charge on any atom is 0.330 e. The van der Waals surface area contributed by atoms with Crippen molar-refractivity contribution in [3.8, 4) is 22.5 Å². The normalized spacial score (nSPS) is 14.0. The number of benzene rings is 2. The molecule has 0 fully saturated rings. The second kappa shape index (κ2) is 7.02. The van der Waals surface area contributed by atoms with Gasteiger partial charge >= 0.3 is 6.03 Å². The molecule has 0 saturated carbocycles. The third kappa shape index (κ3) is 3.13. The van der Waals surface area contributed by atoms with Gasteiger partial charge in [-0.05, 0) is 32.0 Å². The van der Waals surface area contributed by atoms with E-state index in [9.17, 15) is 4.79 Å². The Kier molecular flexibility index (Phi) is 4.70. The highest BCUT2D eigenvalue weighted by Gasteiger charge is 2.32. The maximum atomic E-state index is 13.2. The molecule has 1 aromatic heterocycles. The summed E-state index contributed by atoms with van der Waals surface area (Å²) in [6, 6.07) is 15.1. The highest BCUT2D eigenvalue weighted by atomic mass is 35.5. The lowest BCUT2D eigenvalue weighted by Crippen LogP contribution is -2.45. The predicted molar refractivity (Wildman–Crippen MR) is 109 cm³/mol. The smallest absolute Gasteiger partial charge is 0.321 e. The first-order valence-electron chi connectivity index (χ1n) is 8.91. The first-order valence-corrected chi connectivity index (χ1v) is 9.66. The zero-order valence-corrected chi connectivity index (χ0v) is 16.6. The molecular weight excluding hydrogens is 381 g/mol. The number of halogens is 2. The first-order chi connectivity index (χ1) is 13.0. The molecule has 2 heterocycles. The zero-order valence-electron chi connectivity index (χ0n) is 15.1. The Hall–Kier alpha value is -2.30. The monoisotopic (exact) mass is 399 g/mol. The van der Waals surface area contributed by atoms with E-state index in [1.54, 1.807) is 4.57 Å². The number of aromatic nitrogens is 2. The highest BCUT2D eigenvalue weighted by molar-refractivity contribution is 6.33. The number of hydrogen-bond acceptors (Lipinski definition) is 2. The van der Waals surface area contributed by atoms with Crippen LogP contribution < -0.4 is 0 Å². The van der Waals surface area contributed by atoms with Gasteiger partial charge in [-0.15, -0.1) is 0 Å². The summed E-state index contributed by atoms with van der Waals surface area (Å²) < 4.78 is 1.73. The minimum Gasteiger partial charge on any atom is -0.321 e. The molecule has 6 heteroatoms. The minimum absolute atomic E-state index is 0.0537. The van der Waals surface area contributed by atoms with Crippen LogP contribution in [0.5, 0.6) is 0 Å². The van der Waals surface area contributed by atoms with E-state index in [-0.39, 0.29) is 12.1 Å². The molecule has 0 unspecified atom stereocenters. The van der Waals surface area contributed by atoms with Gasteiger partial charge in [0.25, 0.3) is 0 Å². The van der Waals surface area contributed by atoms with E-state index in [1.165, 1.54) is 0 Å². The van der Waals surface area contributed by atoms with E-state index in [2.05, 4.69) is 0 Å². The third-order valence-corrected chi connectivity index (χ3v) is 5.41. The lowest BCUT2D eigenvalue weighted by atomic mass is 10.0. The topological polar surface area (TPSA) is 38.1 Å². The summed E-state index contributed by atoms with van der Waals surface area (Å²) in [5, 5.41) is 1.25. The Labute approximate surface area is 168 Å². The van der Waals surface area contributed by atoms with Crippen LogP contribution in [0.1, 0.15) is 19.7 Å². The van der Waals surface area contributed by atoms with Gasteiger partial charge in [-0.2, -0.15) is 0 Å². The number of imidazole rings is 1. The van der Waals surface area contributed by atoms with Crippen molar-refractivity contribution < 1.29 is 4.79 Å². The van der Waals surface area contributed by atoms with Gasteiger partial charge in [0.05, 0.1) is 16.4 Å². The standard InChI is InChI=1S/C21H19Cl2N3O/c1-13(2)25-12-11-18-24-19(16-5-3-4-6-17(16)23)20(26(18)21(25)27)14-7-9-15(22)10-8-14/h3-10,13H,11-12H2,1-2H3. The summed E-state index contributed by atoms with van der Waals surface area (Å²) in [7, 11) is 0. The molecule has 0 radical (unpaired) electrons. The fourth-order valence-electron chi connectivity index (χ4n) is 3.48. The Balaban J connectivity index is 1.99. The molecule has 0 atom stereocenters. The van der Waals surface area contributed by atoms with Crippen molar-refractivity contribution in [2.24, 2.45) is 0 Å². The molecule has 0 spiro atoms. The fraction of sp³-hybridized carbons (Fsp3) is 0.238. The van der Waals surface area contributed by atoms with Crippen LogP contribution in [0.15, 0.2) is 48.5 Å². The SMILES string of the molecule is CC(C)N1CCc2nc(-c3ccccc3Cl)c(-c3ccc(Cl)cc3)n2C1=O. The highest BCUT2D eigenvalue weighted by Crippen LogP contribution is 2.38. The fourth-order valence-corrected chi connectivity index (χ4v) is 3.83. The summed E-state index contributed by atoms with van der Waals surface area (Å²) in [6.45, 7) is 4.71. The lowest BCUT2D eigenvalue weighted by Gasteiger charge is -2.31. The molecule has 3 aromatic rings. The van der Waals surface area contributed by atoms with Crippen molar-refractivity contribution >= 4 is 29.2 Å². The van der Waals surface area contributed by atoms with Crippen LogP contribution in [0.25, 0.3) is 22.5 Å². The van der Waals surface area contributed by atoms with Crippen molar-refractivity contribution in [1.82, 2.24) is 14.5 Å². The van der Waals surface area contributed by atoms with Crippen LogP contribution >= 0.6 is 23.2 Å². The van der Waals surface area contributed by atoms with Crippen LogP contribution in [-0.2, 0) is 6.42 Å². The third-order valence-electron chi connectivity index (χ3n) is 4.83. The molecule has 4 nitrogen and oxygen atoms in total. The van der Waals surface area contributed by atoms with E-state index in [4.69, 9.17) is 28.2 Å². The van der Waals surface area contributed by atoms with Gasteiger partial charge in [0.1, 0.15) is 5.82 Å². The van der Waals surface area contributed by atoms with Gasteiger partial charge in [-0.25, -0.2) is 14.3 Å². The Morgan fingerprint density at radius 3 is 2.41 bits per heavy atom. The van der Waals surface area contributed by atoms with Crippen LogP contribution in [0.4, 0.5) is 4.79 Å². The second-order valence-electron chi connectivity index (χ2n) is 6.87. The maximum absolute atomic E-state index is 13.2. The molecule has 1 aliphatic heterocycles. The van der Waals surface area contributed by atoms with E-state index >= 15 is 0 Å². The van der Waals surface area contributed by atoms with Crippen molar-refractivity contribution in [3.63, 3.8) is 0 Å². The molecule has 27 heavy (non-hydrogen) atoms. The number of rotatable bonds is 3. The summed E-state index contributed by atoms with van der Waals surface area (Å²) in [6.07, 6.45) is 0.703. The van der Waals surface area contributed by atoms with E-state index in [0.717, 1.165) is 28.3 Å². The van der Waals surface area contributed by atoms with Crippen LogP contribution in [0.2, 0.25) is 10.0 Å². The van der Waals surface area contributed by atoms with Crippen molar-refractivity contribution in [2.75, 3.05) is 6.54 Å². The summed E-state index contributed by atoms with van der Waals surface area (Å²) in [5.41, 5.74) is 3.17. The predicted octanol–water partition coefficient (Wildman–Crippen LogP) is 5.76. The van der Waals surface area contributed by atoms with Crippen LogP contribution in [0, 0.1) is 0 Å². The Morgan fingerprint density at radius 1 is 1.04 bits per heavy atom. The molecule has 4 rings (SSSR count). The number of amides is 1. The van der Waals surface area contributed by atoms with Gasteiger partial charge < -0.3 is 4.90 Å². The number of carbonyl (C=O) groups excluding carboxylic acids is 1. The molecule has 138 valence electrons. The molecule has 0 N–H and O–H groups in total. The minimum atomic E-state index is -0.0537. The van der Waals surface area contributed by atoms with Gasteiger partial charge in [0.15, 0.2) is 0 Å². The Bertz CT molecular complexity index is 1010. The first kappa shape index (κ1) is 18.1. The van der Waals surface area contributed by atoms with E-state index in [1.807, 2.05) is 67.3 Å². The Morgan fingerprint density at radius 2 is 1.74 bits per heavy atom. The molecular formula is C21H19Cl2N3O. The van der Waals surface area contributed by atoms with E-state index < -0.39 is 0 Å². The number of fused-ring (bicyclic) bond motifs is 1. The summed E-state index contributed by atoms with van der Waals surface area (Å²) in [4.78, 5) is 19.9. The number of hydrogen-bond donors (Lipinski definition) is 0. The van der Waals surface area contributed by atoms with Gasteiger partial charge in [0.2, 0.25) is 0 Å². The van der Waals surface area contributed by atoms with Gasteiger partial charge in [-0.3, -0.25) is 0 Å². The molecule has 0 bridgehead atoms. The quantitative estimate of drug-likeness (QED) is 0.561. The second-order valence-corrected chi connectivity index (χ2v) is 7.71. The van der Waals surface area contributed by atoms with Crippen molar-refractivity contribution in [3.05, 3.63) is 64.4 Å². The lowest BCUT2D eigenvalue weighted by molar-refractivity contribution is 0.177. The van der Waals surface area contributed by atoms with Crippen molar-refractivity contribution in [1.29, 1.82) is 0 Å². The number of carbonyl (C=O) groups is 1. The summed E-state index contributed by atoms with van der Waals surface area (Å²) in [5.74, 6) is 0.761. The van der Waals surface area contributed by atoms with E-state index in [0.29, 0.717) is 23.0 Å². The largest absolute Gasteiger partial charge is 0.330 e. The average Bonchev–Trinajstić information content (AvgIpc) is 3.03. The van der Waals surface area contributed by atoms with Gasteiger partial charge in [-0.1, -0.05) is 53.5 Å². The molecule has 0 aliphatic carbocycles. The summed E-state index contributed by atoms with van der Waals surface area (Å²) >= 11 is 12.5. The molecule has 1 aliphatic rings. The van der Waals surface area contributed by atoms with Crippen LogP contribution in [-0.4, -0.2) is 33.1 Å². The average molecular weight is 400 g/mol. The van der Waals surface area contributed by atoms with Crippen molar-refractivity contribution in [2.45, 2.75) is 26.3 Å². The molecule has 1 amide bonds.